The van der Waals surface area contributed by atoms with Crippen molar-refractivity contribution in [1.29, 1.82) is 0 Å². The van der Waals surface area contributed by atoms with E-state index in [2.05, 4.69) is 5.32 Å². The lowest BCUT2D eigenvalue weighted by molar-refractivity contribution is -0.122. The van der Waals surface area contributed by atoms with Gasteiger partial charge in [-0.25, -0.2) is 0 Å². The highest BCUT2D eigenvalue weighted by Crippen LogP contribution is 2.18. The molecule has 0 saturated carbocycles. The second-order valence-electron chi connectivity index (χ2n) is 3.97. The number of carbonyl (C=O) groups is 1. The number of aliphatic hydroxyl groups excluding tert-OH is 1. The second kappa shape index (κ2) is 6.66. The van der Waals surface area contributed by atoms with Crippen LogP contribution in [0.1, 0.15) is 38.2 Å². The van der Waals surface area contributed by atoms with Crippen LogP contribution in [-0.2, 0) is 4.79 Å². The van der Waals surface area contributed by atoms with Crippen molar-refractivity contribution >= 4 is 17.2 Å². The number of hydrogen-bond donors (Lipinski definition) is 2. The van der Waals surface area contributed by atoms with Crippen molar-refractivity contribution < 1.29 is 9.90 Å². The van der Waals surface area contributed by atoms with Crippen LogP contribution in [0.15, 0.2) is 16.8 Å². The van der Waals surface area contributed by atoms with Crippen molar-refractivity contribution in [3.63, 3.8) is 0 Å². The van der Waals surface area contributed by atoms with Gasteiger partial charge in [0.25, 0.3) is 0 Å². The lowest BCUT2D eigenvalue weighted by Gasteiger charge is -2.14. The van der Waals surface area contributed by atoms with E-state index in [0.717, 1.165) is 18.4 Å². The van der Waals surface area contributed by atoms with Crippen LogP contribution in [-0.4, -0.2) is 23.7 Å². The van der Waals surface area contributed by atoms with E-state index in [4.69, 9.17) is 0 Å². The summed E-state index contributed by atoms with van der Waals surface area (Å²) in [7, 11) is 0. The number of nitrogens with one attached hydrogen (secondary N) is 1. The minimum Gasteiger partial charge on any atom is -0.391 e. The van der Waals surface area contributed by atoms with Crippen LogP contribution in [0.25, 0.3) is 0 Å². The van der Waals surface area contributed by atoms with Crippen LogP contribution in [0.3, 0.4) is 0 Å². The van der Waals surface area contributed by atoms with Crippen LogP contribution in [0.5, 0.6) is 0 Å². The third-order valence-corrected chi connectivity index (χ3v) is 3.27. The molecule has 2 N–H and O–H groups in total. The Balaban J connectivity index is 2.35. The average Bonchev–Trinajstić information content (AvgIpc) is 2.78. The molecule has 0 saturated heterocycles. The van der Waals surface area contributed by atoms with Gasteiger partial charge in [0.15, 0.2) is 0 Å². The lowest BCUT2D eigenvalue weighted by Crippen LogP contribution is -2.34. The van der Waals surface area contributed by atoms with Crippen LogP contribution in [0, 0.1) is 0 Å². The van der Waals surface area contributed by atoms with E-state index >= 15 is 0 Å². The summed E-state index contributed by atoms with van der Waals surface area (Å²) in [6.07, 6.45) is 1.23. The minimum absolute atomic E-state index is 0.0199. The lowest BCUT2D eigenvalue weighted by atomic mass is 10.0. The summed E-state index contributed by atoms with van der Waals surface area (Å²) in [4.78, 5) is 11.7. The molecule has 3 nitrogen and oxygen atoms in total. The van der Waals surface area contributed by atoms with E-state index in [1.54, 1.807) is 11.3 Å². The van der Waals surface area contributed by atoms with Crippen molar-refractivity contribution in [1.82, 2.24) is 5.32 Å². The molecule has 0 aliphatic carbocycles. The molecule has 90 valence electrons. The van der Waals surface area contributed by atoms with Crippen LogP contribution >= 0.6 is 11.3 Å². The molecule has 2 atom stereocenters. The zero-order valence-corrected chi connectivity index (χ0v) is 10.6. The maximum absolute atomic E-state index is 11.7. The van der Waals surface area contributed by atoms with E-state index in [1.807, 2.05) is 30.7 Å². The van der Waals surface area contributed by atoms with Gasteiger partial charge in [0.1, 0.15) is 0 Å². The first kappa shape index (κ1) is 13.2. The number of hydrogen-bond acceptors (Lipinski definition) is 3. The molecule has 0 aliphatic rings. The first-order valence-electron chi connectivity index (χ1n) is 5.63. The molecule has 4 heteroatoms. The number of aliphatic hydroxyl groups is 1. The molecule has 1 heterocycles. The highest BCUT2D eigenvalue weighted by atomic mass is 32.1. The van der Waals surface area contributed by atoms with Gasteiger partial charge in [0.2, 0.25) is 5.91 Å². The van der Waals surface area contributed by atoms with E-state index in [0.29, 0.717) is 6.54 Å². The van der Waals surface area contributed by atoms with E-state index in [9.17, 15) is 9.90 Å². The van der Waals surface area contributed by atoms with Gasteiger partial charge < -0.3 is 10.4 Å². The monoisotopic (exact) mass is 241 g/mol. The van der Waals surface area contributed by atoms with Crippen molar-refractivity contribution in [2.45, 2.75) is 38.7 Å². The van der Waals surface area contributed by atoms with Gasteiger partial charge in [-0.3, -0.25) is 4.79 Å². The SMILES string of the molecule is CCCC(O)CNC(=O)C(C)c1ccsc1. The predicted molar refractivity (Wildman–Crippen MR) is 66.7 cm³/mol. The molecule has 0 spiro atoms. The number of thiophene rings is 1. The van der Waals surface area contributed by atoms with Crippen LogP contribution in [0.4, 0.5) is 0 Å². The molecule has 16 heavy (non-hydrogen) atoms. The molecule has 0 aliphatic heterocycles. The summed E-state index contributed by atoms with van der Waals surface area (Å²) in [5, 5.41) is 16.2. The molecule has 0 radical (unpaired) electrons. The molecule has 0 aromatic carbocycles. The van der Waals surface area contributed by atoms with Crippen molar-refractivity contribution in [2.75, 3.05) is 6.54 Å². The first-order valence-corrected chi connectivity index (χ1v) is 6.57. The van der Waals surface area contributed by atoms with Crippen molar-refractivity contribution in [3.05, 3.63) is 22.4 Å². The molecular formula is C12H19NO2S. The van der Waals surface area contributed by atoms with Gasteiger partial charge in [0, 0.05) is 6.54 Å². The number of carbonyl (C=O) groups excluding carboxylic acids is 1. The fourth-order valence-corrected chi connectivity index (χ4v) is 2.23. The minimum atomic E-state index is -0.427. The molecule has 2 unspecified atom stereocenters. The molecule has 0 bridgehead atoms. The van der Waals surface area contributed by atoms with Gasteiger partial charge in [-0.15, -0.1) is 0 Å². The Morgan fingerprint density at radius 2 is 2.38 bits per heavy atom. The van der Waals surface area contributed by atoms with Gasteiger partial charge in [-0.2, -0.15) is 11.3 Å². The quantitative estimate of drug-likeness (QED) is 0.801. The standard InChI is InChI=1S/C12H19NO2S/c1-3-4-11(14)7-13-12(15)9(2)10-5-6-16-8-10/h5-6,8-9,11,14H,3-4,7H2,1-2H3,(H,13,15). The fourth-order valence-electron chi connectivity index (χ4n) is 1.48. The third-order valence-electron chi connectivity index (χ3n) is 2.57. The molecular weight excluding hydrogens is 222 g/mol. The van der Waals surface area contributed by atoms with Gasteiger partial charge >= 0.3 is 0 Å². The summed E-state index contributed by atoms with van der Waals surface area (Å²) in [6.45, 7) is 4.24. The third kappa shape index (κ3) is 3.94. The number of rotatable bonds is 6. The van der Waals surface area contributed by atoms with Gasteiger partial charge in [-0.05, 0) is 35.7 Å². The maximum Gasteiger partial charge on any atom is 0.227 e. The summed E-state index contributed by atoms with van der Waals surface area (Å²) < 4.78 is 0. The highest BCUT2D eigenvalue weighted by molar-refractivity contribution is 7.08. The van der Waals surface area contributed by atoms with E-state index in [-0.39, 0.29) is 11.8 Å². The zero-order chi connectivity index (χ0) is 12.0. The Bertz CT molecular complexity index is 311. The van der Waals surface area contributed by atoms with Crippen molar-refractivity contribution in [2.24, 2.45) is 0 Å². The van der Waals surface area contributed by atoms with Crippen LogP contribution < -0.4 is 5.32 Å². The summed E-state index contributed by atoms with van der Waals surface area (Å²) in [5.41, 5.74) is 1.03. The topological polar surface area (TPSA) is 49.3 Å². The smallest absolute Gasteiger partial charge is 0.227 e. The molecule has 1 amide bonds. The van der Waals surface area contributed by atoms with Gasteiger partial charge in [-0.1, -0.05) is 13.3 Å². The number of amides is 1. The Kier molecular flexibility index (Phi) is 5.49. The maximum atomic E-state index is 11.7. The Morgan fingerprint density at radius 3 is 2.94 bits per heavy atom. The van der Waals surface area contributed by atoms with E-state index in [1.165, 1.54) is 0 Å². The molecule has 1 aromatic heterocycles. The summed E-state index contributed by atoms with van der Waals surface area (Å²) in [6, 6.07) is 1.96. The first-order chi connectivity index (χ1) is 7.65. The molecule has 1 aromatic rings. The van der Waals surface area contributed by atoms with Gasteiger partial charge in [0.05, 0.1) is 12.0 Å². The second-order valence-corrected chi connectivity index (χ2v) is 4.75. The van der Waals surface area contributed by atoms with Crippen molar-refractivity contribution in [3.8, 4) is 0 Å². The Labute approximate surface area is 100 Å². The highest BCUT2D eigenvalue weighted by Gasteiger charge is 2.15. The average molecular weight is 241 g/mol. The normalized spacial score (nSPS) is 14.4. The summed E-state index contributed by atoms with van der Waals surface area (Å²) >= 11 is 1.59. The Hall–Kier alpha value is -0.870. The Morgan fingerprint density at radius 1 is 1.62 bits per heavy atom. The predicted octanol–water partition coefficient (Wildman–Crippen LogP) is 2.13. The fraction of sp³-hybridized carbons (Fsp3) is 0.583. The summed E-state index contributed by atoms with van der Waals surface area (Å²) in [5.74, 6) is -0.159. The molecule has 1 rings (SSSR count). The van der Waals surface area contributed by atoms with Crippen LogP contribution in [0.2, 0.25) is 0 Å². The van der Waals surface area contributed by atoms with E-state index < -0.39 is 6.10 Å². The zero-order valence-electron chi connectivity index (χ0n) is 9.77. The largest absolute Gasteiger partial charge is 0.391 e. The molecule has 0 fully saturated rings.